The number of nitrogens with one attached hydrogen (secondary N) is 1. The van der Waals surface area contributed by atoms with Gasteiger partial charge in [-0.1, -0.05) is 18.2 Å². The Balaban J connectivity index is 1.55. The molecule has 4 nitrogen and oxygen atoms in total. The zero-order chi connectivity index (χ0) is 26.9. The van der Waals surface area contributed by atoms with Crippen LogP contribution in [0.4, 0.5) is 32.0 Å². The van der Waals surface area contributed by atoms with E-state index < -0.39 is 47.3 Å². The highest BCUT2D eigenvalue weighted by Crippen LogP contribution is 2.35. The molecular weight excluding hydrogens is 498 g/mol. The number of benzene rings is 3. The molecule has 4 rings (SSSR count). The summed E-state index contributed by atoms with van der Waals surface area (Å²) >= 11 is 0. The normalized spacial score (nSPS) is 11.5. The third-order valence-electron chi connectivity index (χ3n) is 5.74. The Morgan fingerprint density at radius 3 is 2.35 bits per heavy atom. The third kappa shape index (κ3) is 5.32. The topological polar surface area (TPSA) is 43.3 Å². The SMILES string of the molecule is Cc1cc(C(=O)Nc2cccc(OCc3c(F)ccc(F)c3F)c2)c(C)n1-c1ccccc1C(F)(F)F. The lowest BCUT2D eigenvalue weighted by molar-refractivity contribution is -0.137. The second-order valence-corrected chi connectivity index (χ2v) is 8.23. The van der Waals surface area contributed by atoms with E-state index in [9.17, 15) is 31.1 Å². The largest absolute Gasteiger partial charge is 0.489 e. The molecule has 0 unspecified atom stereocenters. The monoisotopic (exact) mass is 518 g/mol. The van der Waals surface area contributed by atoms with Crippen LogP contribution in [0.5, 0.6) is 5.75 Å². The van der Waals surface area contributed by atoms with Crippen LogP contribution in [0.3, 0.4) is 0 Å². The molecule has 0 fully saturated rings. The van der Waals surface area contributed by atoms with Crippen molar-refractivity contribution in [2.45, 2.75) is 26.6 Å². The van der Waals surface area contributed by atoms with Gasteiger partial charge in [0.25, 0.3) is 5.91 Å². The first-order chi connectivity index (χ1) is 17.5. The van der Waals surface area contributed by atoms with Crippen LogP contribution in [0.1, 0.15) is 32.9 Å². The van der Waals surface area contributed by atoms with Gasteiger partial charge in [0.1, 0.15) is 18.2 Å². The van der Waals surface area contributed by atoms with Crippen LogP contribution in [-0.2, 0) is 12.8 Å². The number of hydrogen-bond donors (Lipinski definition) is 1. The van der Waals surface area contributed by atoms with Gasteiger partial charge in [0, 0.05) is 23.1 Å². The van der Waals surface area contributed by atoms with E-state index in [4.69, 9.17) is 4.74 Å². The van der Waals surface area contributed by atoms with E-state index in [2.05, 4.69) is 5.32 Å². The fourth-order valence-corrected chi connectivity index (χ4v) is 3.99. The van der Waals surface area contributed by atoms with Crippen LogP contribution in [0.15, 0.2) is 66.7 Å². The molecule has 192 valence electrons. The molecule has 0 aliphatic rings. The van der Waals surface area contributed by atoms with Crippen molar-refractivity contribution < 1.29 is 35.9 Å². The first-order valence-corrected chi connectivity index (χ1v) is 11.0. The number of amides is 1. The van der Waals surface area contributed by atoms with Crippen LogP contribution in [0.25, 0.3) is 5.69 Å². The zero-order valence-electron chi connectivity index (χ0n) is 19.6. The minimum atomic E-state index is -4.58. The number of halogens is 6. The summed E-state index contributed by atoms with van der Waals surface area (Å²) in [5.74, 6) is -3.97. The van der Waals surface area contributed by atoms with Crippen molar-refractivity contribution in [3.8, 4) is 11.4 Å². The van der Waals surface area contributed by atoms with Crippen LogP contribution in [-0.4, -0.2) is 10.5 Å². The van der Waals surface area contributed by atoms with Crippen molar-refractivity contribution >= 4 is 11.6 Å². The summed E-state index contributed by atoms with van der Waals surface area (Å²) in [5.41, 5.74) is -0.364. The van der Waals surface area contributed by atoms with E-state index in [0.29, 0.717) is 17.5 Å². The number of para-hydroxylation sites is 1. The summed E-state index contributed by atoms with van der Waals surface area (Å²) in [7, 11) is 0. The summed E-state index contributed by atoms with van der Waals surface area (Å²) in [6, 6.07) is 13.9. The Hall–Kier alpha value is -4.21. The maximum absolute atomic E-state index is 13.9. The van der Waals surface area contributed by atoms with Crippen molar-refractivity contribution in [2.75, 3.05) is 5.32 Å². The fraction of sp³-hybridized carbons (Fsp3) is 0.148. The van der Waals surface area contributed by atoms with Gasteiger partial charge in [-0.15, -0.1) is 0 Å². The van der Waals surface area contributed by atoms with Gasteiger partial charge < -0.3 is 14.6 Å². The predicted octanol–water partition coefficient (Wildman–Crippen LogP) is 7.36. The number of carbonyl (C=O) groups excluding carboxylic acids is 1. The Labute approximate surface area is 208 Å². The van der Waals surface area contributed by atoms with Crippen LogP contribution in [0, 0.1) is 31.3 Å². The van der Waals surface area contributed by atoms with Gasteiger partial charge in [0.05, 0.1) is 22.4 Å². The van der Waals surface area contributed by atoms with Crippen LogP contribution >= 0.6 is 0 Å². The number of nitrogens with zero attached hydrogens (tertiary/aromatic N) is 1. The molecule has 10 heteroatoms. The fourth-order valence-electron chi connectivity index (χ4n) is 3.99. The number of alkyl halides is 3. The number of rotatable bonds is 6. The average molecular weight is 518 g/mol. The third-order valence-corrected chi connectivity index (χ3v) is 5.74. The highest BCUT2D eigenvalue weighted by Gasteiger charge is 2.34. The van der Waals surface area contributed by atoms with Crippen molar-refractivity contribution in [3.05, 3.63) is 112 Å². The molecule has 0 saturated heterocycles. The van der Waals surface area contributed by atoms with Gasteiger partial charge >= 0.3 is 6.18 Å². The minimum absolute atomic E-state index is 0.101. The first kappa shape index (κ1) is 25.9. The molecule has 1 N–H and O–H groups in total. The minimum Gasteiger partial charge on any atom is -0.489 e. The van der Waals surface area contributed by atoms with Crippen LogP contribution < -0.4 is 10.1 Å². The van der Waals surface area contributed by atoms with Crippen molar-refractivity contribution in [2.24, 2.45) is 0 Å². The molecule has 1 aromatic heterocycles. The van der Waals surface area contributed by atoms with E-state index in [-0.39, 0.29) is 22.7 Å². The molecule has 0 saturated carbocycles. The molecule has 0 radical (unpaired) electrons. The summed E-state index contributed by atoms with van der Waals surface area (Å²) in [6.07, 6.45) is -4.58. The molecule has 37 heavy (non-hydrogen) atoms. The smallest absolute Gasteiger partial charge is 0.418 e. The lowest BCUT2D eigenvalue weighted by atomic mass is 10.1. The predicted molar refractivity (Wildman–Crippen MR) is 125 cm³/mol. The highest BCUT2D eigenvalue weighted by atomic mass is 19.4. The van der Waals surface area contributed by atoms with E-state index in [0.717, 1.165) is 12.1 Å². The zero-order valence-corrected chi connectivity index (χ0v) is 19.6. The molecule has 0 aliphatic carbocycles. The van der Waals surface area contributed by atoms with Gasteiger partial charge in [0.2, 0.25) is 0 Å². The molecule has 0 aliphatic heterocycles. The maximum atomic E-state index is 13.9. The number of carbonyl (C=O) groups is 1. The molecular formula is C27H20F6N2O2. The van der Waals surface area contributed by atoms with Gasteiger partial charge in [-0.3, -0.25) is 4.79 Å². The van der Waals surface area contributed by atoms with Crippen molar-refractivity contribution in [1.29, 1.82) is 0 Å². The van der Waals surface area contributed by atoms with Crippen molar-refractivity contribution in [3.63, 3.8) is 0 Å². The van der Waals surface area contributed by atoms with Gasteiger partial charge in [-0.2, -0.15) is 13.2 Å². The molecule has 0 atom stereocenters. The molecule has 0 spiro atoms. The molecule has 1 amide bonds. The molecule has 1 heterocycles. The van der Waals surface area contributed by atoms with Gasteiger partial charge in [-0.25, -0.2) is 13.2 Å². The molecule has 4 aromatic rings. The second kappa shape index (κ2) is 10.0. The van der Waals surface area contributed by atoms with E-state index >= 15 is 0 Å². The van der Waals surface area contributed by atoms with E-state index in [1.807, 2.05) is 0 Å². The van der Waals surface area contributed by atoms with Crippen LogP contribution in [0.2, 0.25) is 0 Å². The maximum Gasteiger partial charge on any atom is 0.418 e. The summed E-state index contributed by atoms with van der Waals surface area (Å²) < 4.78 is 88.5. The standard InChI is InChI=1S/C27H20F6N2O2/c1-15-12-19(16(2)35(15)24-9-4-3-8-21(24)27(31,32)33)26(36)34-17-6-5-7-18(13-17)37-14-20-22(28)10-11-23(29)25(20)30/h3-13H,14H2,1-2H3,(H,34,36). The number of aromatic nitrogens is 1. The summed E-state index contributed by atoms with van der Waals surface area (Å²) in [4.78, 5) is 13.0. The Kier molecular flexibility index (Phi) is 7.02. The quantitative estimate of drug-likeness (QED) is 0.214. The number of ether oxygens (including phenoxy) is 1. The van der Waals surface area contributed by atoms with Gasteiger partial charge in [0.15, 0.2) is 11.6 Å². The average Bonchev–Trinajstić information content (AvgIpc) is 3.15. The van der Waals surface area contributed by atoms with E-state index in [1.54, 1.807) is 6.92 Å². The van der Waals surface area contributed by atoms with E-state index in [1.165, 1.54) is 60.0 Å². The Morgan fingerprint density at radius 2 is 1.62 bits per heavy atom. The first-order valence-electron chi connectivity index (χ1n) is 11.0. The number of aryl methyl sites for hydroxylation is 1. The molecule has 0 bridgehead atoms. The van der Waals surface area contributed by atoms with Crippen molar-refractivity contribution in [1.82, 2.24) is 4.57 Å². The highest BCUT2D eigenvalue weighted by molar-refractivity contribution is 6.05. The second-order valence-electron chi connectivity index (χ2n) is 8.23. The summed E-state index contributed by atoms with van der Waals surface area (Å²) in [6.45, 7) is 2.54. The number of anilines is 1. The lowest BCUT2D eigenvalue weighted by Crippen LogP contribution is -2.15. The van der Waals surface area contributed by atoms with Gasteiger partial charge in [-0.05, 0) is 56.3 Å². The summed E-state index contributed by atoms with van der Waals surface area (Å²) in [5, 5.41) is 2.64. The lowest BCUT2D eigenvalue weighted by Gasteiger charge is -2.17. The molecule has 3 aromatic carbocycles. The number of hydrogen-bond acceptors (Lipinski definition) is 2. The Morgan fingerprint density at radius 1 is 0.919 bits per heavy atom. The Bertz CT molecular complexity index is 1480.